The second-order valence-electron chi connectivity index (χ2n) is 14.5. The SMILES string of the molecule is Cn1cc2c(c1)-c1nc-2c(-c2ccccc2)c2nc(c(-c3ccccc3)c3ccc([n-]3)c(-c3ccccc3)c3ccc([n-]3)c1-c1ccccc1)-c1cn(C)cc1-2.[Ni+2]. The summed E-state index contributed by atoms with van der Waals surface area (Å²) in [6.07, 6.45) is 8.75. The minimum absolute atomic E-state index is 0. The summed E-state index contributed by atoms with van der Waals surface area (Å²) in [4.78, 5) is 22.3. The van der Waals surface area contributed by atoms with Crippen LogP contribution in [0.3, 0.4) is 0 Å². The molecule has 0 fully saturated rings. The first-order valence-corrected chi connectivity index (χ1v) is 18.8. The number of hydrogen-bond donors (Lipinski definition) is 0. The van der Waals surface area contributed by atoms with Crippen LogP contribution in [0.4, 0.5) is 0 Å². The quantitative estimate of drug-likeness (QED) is 0.167. The average molecular weight is 778 g/mol. The molecule has 274 valence electrons. The summed E-state index contributed by atoms with van der Waals surface area (Å²) >= 11 is 0. The molecule has 7 heteroatoms. The van der Waals surface area contributed by atoms with Crippen LogP contribution in [0.15, 0.2) is 170 Å². The Bertz CT molecular complexity index is 2960. The Kier molecular flexibility index (Phi) is 8.28. The Labute approximate surface area is 340 Å². The molecule has 0 radical (unpaired) electrons. The predicted molar refractivity (Wildman–Crippen MR) is 227 cm³/mol. The van der Waals surface area contributed by atoms with Gasteiger partial charge in [-0.05, 0) is 38.9 Å². The summed E-state index contributed by atoms with van der Waals surface area (Å²) < 4.78 is 4.27. The maximum atomic E-state index is 5.68. The Morgan fingerprint density at radius 2 is 0.596 bits per heavy atom. The summed E-state index contributed by atoms with van der Waals surface area (Å²) in [6.45, 7) is 0. The molecule has 8 bridgehead atoms. The van der Waals surface area contributed by atoms with Crippen LogP contribution in [0, 0.1) is 0 Å². The molecule has 9 aromatic rings. The van der Waals surface area contributed by atoms with Crippen LogP contribution in [-0.2, 0) is 30.6 Å². The second-order valence-corrected chi connectivity index (χ2v) is 14.5. The summed E-state index contributed by atoms with van der Waals surface area (Å²) in [5.74, 6) is 0. The van der Waals surface area contributed by atoms with Crippen molar-refractivity contribution in [3.05, 3.63) is 170 Å². The van der Waals surface area contributed by atoms with E-state index in [1.807, 2.05) is 6.07 Å². The van der Waals surface area contributed by atoms with Crippen LogP contribution in [-0.4, -0.2) is 19.1 Å². The van der Waals surface area contributed by atoms with Gasteiger partial charge in [-0.2, -0.15) is 0 Å². The summed E-state index contributed by atoms with van der Waals surface area (Å²) in [5, 5.41) is 0. The standard InChI is InChI=1S/C50H34N6.Ni/c1-55-27-35-37(29-55)49-46(34-21-13-6-14-22-34)50-38-30-56(2)28-36(38)48(54-50)45(33-19-11-5-12-20-33)42-26-24-40(52-42)43(31-15-7-3-8-16-31)39-23-25-41(51-39)44(47(35)53-49)32-17-9-4-10-18-32;/h3-30H,1-2H3;/q-2;+2. The van der Waals surface area contributed by atoms with E-state index in [0.717, 1.165) is 112 Å². The molecule has 0 unspecified atom stereocenters. The van der Waals surface area contributed by atoms with Gasteiger partial charge in [0.2, 0.25) is 0 Å². The fourth-order valence-electron chi connectivity index (χ4n) is 8.47. The first-order chi connectivity index (χ1) is 27.6. The molecule has 2 aliphatic rings. The minimum Gasteiger partial charge on any atom is -0.657 e. The maximum absolute atomic E-state index is 5.68. The number of nitrogens with zero attached hydrogens (tertiary/aromatic N) is 6. The van der Waals surface area contributed by atoms with E-state index in [0.29, 0.717) is 0 Å². The summed E-state index contributed by atoms with van der Waals surface area (Å²) in [7, 11) is 4.17. The zero-order valence-corrected chi connectivity index (χ0v) is 32.2. The fourth-order valence-corrected chi connectivity index (χ4v) is 8.47. The maximum Gasteiger partial charge on any atom is 2.00 e. The van der Waals surface area contributed by atoms with E-state index in [2.05, 4.69) is 188 Å². The Morgan fingerprint density at radius 3 is 0.930 bits per heavy atom. The number of aryl methyl sites for hydroxylation is 2. The monoisotopic (exact) mass is 776 g/mol. The third kappa shape index (κ3) is 5.62. The van der Waals surface area contributed by atoms with Gasteiger partial charge in [0, 0.05) is 66.7 Å². The van der Waals surface area contributed by atoms with Gasteiger partial charge in [0.05, 0.1) is 22.8 Å². The number of benzene rings is 4. The smallest absolute Gasteiger partial charge is 0.657 e. The zero-order valence-electron chi connectivity index (χ0n) is 31.2. The van der Waals surface area contributed by atoms with Gasteiger partial charge in [-0.25, -0.2) is 9.97 Å². The predicted octanol–water partition coefficient (Wildman–Crippen LogP) is 11.6. The molecule has 0 saturated carbocycles. The molecule has 0 aliphatic carbocycles. The van der Waals surface area contributed by atoms with E-state index in [1.165, 1.54) is 0 Å². The number of fused-ring (bicyclic) bond motifs is 14. The van der Waals surface area contributed by atoms with Crippen molar-refractivity contribution >= 4 is 22.1 Å². The molecule has 4 aromatic carbocycles. The summed E-state index contributed by atoms with van der Waals surface area (Å²) in [5.41, 5.74) is 19.3. The molecule has 57 heavy (non-hydrogen) atoms. The molecule has 0 amide bonds. The van der Waals surface area contributed by atoms with Gasteiger partial charge in [0.15, 0.2) is 0 Å². The van der Waals surface area contributed by atoms with Crippen LogP contribution in [0.5, 0.6) is 0 Å². The van der Waals surface area contributed by atoms with Crippen molar-refractivity contribution in [3.63, 3.8) is 0 Å². The van der Waals surface area contributed by atoms with Crippen molar-refractivity contribution < 1.29 is 16.5 Å². The second kappa shape index (κ2) is 13.7. The van der Waals surface area contributed by atoms with Crippen LogP contribution < -0.4 is 9.97 Å². The van der Waals surface area contributed by atoms with Gasteiger partial charge in [0.25, 0.3) is 0 Å². The van der Waals surface area contributed by atoms with Crippen molar-refractivity contribution in [1.82, 2.24) is 29.1 Å². The van der Waals surface area contributed by atoms with E-state index in [1.54, 1.807) is 0 Å². The van der Waals surface area contributed by atoms with E-state index in [4.69, 9.17) is 19.9 Å². The minimum atomic E-state index is 0. The van der Waals surface area contributed by atoms with Crippen molar-refractivity contribution in [2.24, 2.45) is 14.1 Å². The Balaban J connectivity index is 0.00000396. The first kappa shape index (κ1) is 34.5. The van der Waals surface area contributed by atoms with Crippen LogP contribution in [0.25, 0.3) is 112 Å². The number of hydrogen-bond acceptors (Lipinski definition) is 2. The molecule has 0 atom stereocenters. The number of rotatable bonds is 4. The van der Waals surface area contributed by atoms with Crippen LogP contribution in [0.2, 0.25) is 0 Å². The van der Waals surface area contributed by atoms with E-state index >= 15 is 0 Å². The zero-order chi connectivity index (χ0) is 37.3. The van der Waals surface area contributed by atoms with Gasteiger partial charge in [-0.3, -0.25) is 0 Å². The van der Waals surface area contributed by atoms with Gasteiger partial charge in [-0.15, -0.1) is 22.1 Å². The number of aromatic nitrogens is 6. The molecule has 7 heterocycles. The Hall–Kier alpha value is -6.95. The molecule has 2 aliphatic heterocycles. The molecule has 6 nitrogen and oxygen atoms in total. The Morgan fingerprint density at radius 1 is 0.333 bits per heavy atom. The fraction of sp³-hybridized carbons (Fsp3) is 0.0400. The molecule has 0 saturated heterocycles. The van der Waals surface area contributed by atoms with Crippen molar-refractivity contribution in [2.45, 2.75) is 0 Å². The first-order valence-electron chi connectivity index (χ1n) is 18.8. The van der Waals surface area contributed by atoms with Crippen molar-refractivity contribution in [1.29, 1.82) is 0 Å². The van der Waals surface area contributed by atoms with E-state index in [9.17, 15) is 0 Å². The normalized spacial score (nSPS) is 11.5. The molecule has 5 aromatic heterocycles. The average Bonchev–Trinajstić information content (AvgIpc) is 4.10. The molecule has 0 N–H and O–H groups in total. The van der Waals surface area contributed by atoms with E-state index < -0.39 is 0 Å². The van der Waals surface area contributed by atoms with E-state index in [-0.39, 0.29) is 16.5 Å². The van der Waals surface area contributed by atoms with Crippen LogP contribution >= 0.6 is 0 Å². The third-order valence-electron chi connectivity index (χ3n) is 10.9. The van der Waals surface area contributed by atoms with Gasteiger partial charge in [-0.1, -0.05) is 146 Å². The molecular weight excluding hydrogens is 743 g/mol. The third-order valence-corrected chi connectivity index (χ3v) is 10.9. The van der Waals surface area contributed by atoms with Gasteiger partial charge < -0.3 is 19.1 Å². The van der Waals surface area contributed by atoms with Crippen molar-refractivity contribution in [3.8, 4) is 89.5 Å². The van der Waals surface area contributed by atoms with Crippen LogP contribution in [0.1, 0.15) is 0 Å². The molecule has 11 rings (SSSR count). The van der Waals surface area contributed by atoms with Gasteiger partial charge in [0.1, 0.15) is 0 Å². The molecule has 0 spiro atoms. The molecular formula is C50H34N6Ni. The van der Waals surface area contributed by atoms with Crippen molar-refractivity contribution in [2.75, 3.05) is 0 Å². The summed E-state index contributed by atoms with van der Waals surface area (Å²) in [6, 6.07) is 50.6. The topological polar surface area (TPSA) is 63.8 Å². The largest absolute Gasteiger partial charge is 2.00 e. The van der Waals surface area contributed by atoms with Gasteiger partial charge >= 0.3 is 16.5 Å².